The summed E-state index contributed by atoms with van der Waals surface area (Å²) in [5.41, 5.74) is 0.762. The van der Waals surface area contributed by atoms with E-state index in [1.54, 1.807) is 0 Å². The molecule has 2 fully saturated rings. The number of halogens is 1. The Hall–Kier alpha value is -0.810. The molecule has 110 valence electrons. The lowest BCUT2D eigenvalue weighted by Crippen LogP contribution is -2.27. The van der Waals surface area contributed by atoms with Crippen molar-refractivity contribution in [3.05, 3.63) is 22.4 Å². The van der Waals surface area contributed by atoms with Gasteiger partial charge in [0, 0.05) is 36.5 Å². The number of ether oxygens (including phenoxy) is 1. The fourth-order valence-electron chi connectivity index (χ4n) is 2.28. The summed E-state index contributed by atoms with van der Waals surface area (Å²) in [6.07, 6.45) is 7.88. The smallest absolute Gasteiger partial charge is 0.267 e. The van der Waals surface area contributed by atoms with Crippen molar-refractivity contribution >= 4 is 21.8 Å². The molecule has 0 aromatic carbocycles. The fraction of sp³-hybridized carbons (Fsp3) is 0.667. The average Bonchev–Trinajstić information content (AvgIpc) is 3.32. The van der Waals surface area contributed by atoms with Gasteiger partial charge in [0.1, 0.15) is 5.69 Å². The molecule has 0 aliphatic heterocycles. The zero-order valence-electron chi connectivity index (χ0n) is 11.6. The Morgan fingerprint density at radius 1 is 1.40 bits per heavy atom. The van der Waals surface area contributed by atoms with Gasteiger partial charge in [0.2, 0.25) is 0 Å². The van der Waals surface area contributed by atoms with Gasteiger partial charge in [-0.25, -0.2) is 0 Å². The van der Waals surface area contributed by atoms with Crippen LogP contribution in [0.2, 0.25) is 0 Å². The van der Waals surface area contributed by atoms with Crippen molar-refractivity contribution in [2.45, 2.75) is 38.1 Å². The average molecular weight is 341 g/mol. The summed E-state index contributed by atoms with van der Waals surface area (Å²) < 4.78 is 8.62. The van der Waals surface area contributed by atoms with Gasteiger partial charge in [-0.2, -0.15) is 0 Å². The molecule has 20 heavy (non-hydrogen) atoms. The summed E-state index contributed by atoms with van der Waals surface area (Å²) in [5, 5.41) is 2.98. The molecule has 2 aliphatic rings. The van der Waals surface area contributed by atoms with Gasteiger partial charge in [-0.15, -0.1) is 0 Å². The summed E-state index contributed by atoms with van der Waals surface area (Å²) in [5.74, 6) is 0.827. The SMILES string of the molecule is O=C(NCCCOCC1CC1)c1cc(Br)cn1C1CC1. The van der Waals surface area contributed by atoms with Crippen LogP contribution in [0.5, 0.6) is 0 Å². The van der Waals surface area contributed by atoms with Gasteiger partial charge in [0.25, 0.3) is 5.91 Å². The highest BCUT2D eigenvalue weighted by Crippen LogP contribution is 2.37. The Bertz CT molecular complexity index is 478. The molecule has 0 radical (unpaired) electrons. The standard InChI is InChI=1S/C15H21BrN2O2/c16-12-8-14(18(9-12)13-4-5-13)15(19)17-6-1-7-20-10-11-2-3-11/h8-9,11,13H,1-7,10H2,(H,17,19). The highest BCUT2D eigenvalue weighted by Gasteiger charge is 2.27. The Balaban J connectivity index is 1.39. The molecule has 3 rings (SSSR count). The first kappa shape index (κ1) is 14.1. The second-order valence-corrected chi connectivity index (χ2v) is 6.73. The first-order chi connectivity index (χ1) is 9.74. The van der Waals surface area contributed by atoms with Crippen molar-refractivity contribution in [2.24, 2.45) is 5.92 Å². The van der Waals surface area contributed by atoms with Crippen LogP contribution in [-0.2, 0) is 4.74 Å². The quantitative estimate of drug-likeness (QED) is 0.739. The second-order valence-electron chi connectivity index (χ2n) is 5.81. The van der Waals surface area contributed by atoms with Crippen LogP contribution >= 0.6 is 15.9 Å². The van der Waals surface area contributed by atoms with Crippen LogP contribution in [0.1, 0.15) is 48.6 Å². The molecule has 2 saturated carbocycles. The second kappa shape index (κ2) is 6.31. The van der Waals surface area contributed by atoms with Crippen LogP contribution in [0.25, 0.3) is 0 Å². The maximum absolute atomic E-state index is 12.2. The largest absolute Gasteiger partial charge is 0.381 e. The minimum atomic E-state index is 0.0183. The van der Waals surface area contributed by atoms with E-state index < -0.39 is 0 Å². The van der Waals surface area contributed by atoms with E-state index in [0.717, 1.165) is 35.7 Å². The van der Waals surface area contributed by atoms with E-state index >= 15 is 0 Å². The number of hydrogen-bond donors (Lipinski definition) is 1. The van der Waals surface area contributed by atoms with Crippen molar-refractivity contribution in [1.29, 1.82) is 0 Å². The monoisotopic (exact) mass is 340 g/mol. The predicted molar refractivity (Wildman–Crippen MR) is 80.9 cm³/mol. The van der Waals surface area contributed by atoms with E-state index in [1.165, 1.54) is 25.7 Å². The number of nitrogens with one attached hydrogen (secondary N) is 1. The van der Waals surface area contributed by atoms with Gasteiger partial charge in [-0.05, 0) is 60.0 Å². The first-order valence-corrected chi connectivity index (χ1v) is 8.26. The molecular formula is C15H21BrN2O2. The third kappa shape index (κ3) is 3.85. The maximum atomic E-state index is 12.2. The van der Waals surface area contributed by atoms with E-state index in [9.17, 15) is 4.79 Å². The molecule has 0 atom stereocenters. The van der Waals surface area contributed by atoms with Gasteiger partial charge < -0.3 is 14.6 Å². The molecule has 1 aromatic rings. The lowest BCUT2D eigenvalue weighted by atomic mass is 10.3. The fourth-order valence-corrected chi connectivity index (χ4v) is 2.72. The number of aromatic nitrogens is 1. The summed E-state index contributed by atoms with van der Waals surface area (Å²) in [6.45, 7) is 2.31. The molecule has 4 nitrogen and oxygen atoms in total. The highest BCUT2D eigenvalue weighted by atomic mass is 79.9. The zero-order chi connectivity index (χ0) is 13.9. The molecule has 2 aliphatic carbocycles. The first-order valence-electron chi connectivity index (χ1n) is 7.47. The molecule has 0 saturated heterocycles. The number of rotatable bonds is 8. The number of hydrogen-bond acceptors (Lipinski definition) is 2. The third-order valence-corrected chi connectivity index (χ3v) is 4.22. The van der Waals surface area contributed by atoms with Crippen LogP contribution in [0, 0.1) is 5.92 Å². The normalized spacial score (nSPS) is 18.2. The van der Waals surface area contributed by atoms with Gasteiger partial charge in [0.05, 0.1) is 0 Å². The number of nitrogens with zero attached hydrogens (tertiary/aromatic N) is 1. The van der Waals surface area contributed by atoms with Crippen LogP contribution in [0.15, 0.2) is 16.7 Å². The van der Waals surface area contributed by atoms with Gasteiger partial charge in [0.15, 0.2) is 0 Å². The van der Waals surface area contributed by atoms with Gasteiger partial charge in [-0.1, -0.05) is 0 Å². The minimum Gasteiger partial charge on any atom is -0.381 e. The highest BCUT2D eigenvalue weighted by molar-refractivity contribution is 9.10. The lowest BCUT2D eigenvalue weighted by molar-refractivity contribution is 0.0928. The molecule has 5 heteroatoms. The molecule has 0 unspecified atom stereocenters. The summed E-state index contributed by atoms with van der Waals surface area (Å²) >= 11 is 3.45. The van der Waals surface area contributed by atoms with Crippen molar-refractivity contribution in [3.63, 3.8) is 0 Å². The predicted octanol–water partition coefficient (Wildman–Crippen LogP) is 3.13. The van der Waals surface area contributed by atoms with Crippen LogP contribution in [0.3, 0.4) is 0 Å². The van der Waals surface area contributed by atoms with Gasteiger partial charge >= 0.3 is 0 Å². The van der Waals surface area contributed by atoms with E-state index in [1.807, 2.05) is 12.3 Å². The Kier molecular flexibility index (Phi) is 4.46. The molecule has 0 bridgehead atoms. The van der Waals surface area contributed by atoms with Crippen LogP contribution in [0.4, 0.5) is 0 Å². The summed E-state index contributed by atoms with van der Waals surface area (Å²) in [7, 11) is 0. The van der Waals surface area contributed by atoms with Gasteiger partial charge in [-0.3, -0.25) is 4.79 Å². The Morgan fingerprint density at radius 3 is 2.90 bits per heavy atom. The summed E-state index contributed by atoms with van der Waals surface area (Å²) in [4.78, 5) is 12.2. The van der Waals surface area contributed by atoms with E-state index in [-0.39, 0.29) is 5.91 Å². The molecule has 1 N–H and O–H groups in total. The molecule has 1 heterocycles. The topological polar surface area (TPSA) is 43.3 Å². The maximum Gasteiger partial charge on any atom is 0.267 e. The van der Waals surface area contributed by atoms with Crippen molar-refractivity contribution < 1.29 is 9.53 Å². The van der Waals surface area contributed by atoms with E-state index in [4.69, 9.17) is 4.74 Å². The Labute approximate surface area is 128 Å². The molecule has 1 aromatic heterocycles. The Morgan fingerprint density at radius 2 is 2.20 bits per heavy atom. The van der Waals surface area contributed by atoms with Crippen molar-refractivity contribution in [3.8, 4) is 0 Å². The van der Waals surface area contributed by atoms with E-state index in [0.29, 0.717) is 12.6 Å². The molecule has 1 amide bonds. The number of carbonyl (C=O) groups excluding carboxylic acids is 1. The van der Waals surface area contributed by atoms with E-state index in [2.05, 4.69) is 25.8 Å². The minimum absolute atomic E-state index is 0.0183. The van der Waals surface area contributed by atoms with Crippen LogP contribution in [-0.4, -0.2) is 30.2 Å². The van der Waals surface area contributed by atoms with Crippen LogP contribution < -0.4 is 5.32 Å². The van der Waals surface area contributed by atoms with Crippen molar-refractivity contribution in [1.82, 2.24) is 9.88 Å². The molecular weight excluding hydrogens is 320 g/mol. The number of amides is 1. The number of carbonyl (C=O) groups is 1. The third-order valence-electron chi connectivity index (χ3n) is 3.79. The summed E-state index contributed by atoms with van der Waals surface area (Å²) in [6, 6.07) is 2.42. The zero-order valence-corrected chi connectivity index (χ0v) is 13.2. The molecule has 0 spiro atoms. The lowest BCUT2D eigenvalue weighted by Gasteiger charge is -2.08. The van der Waals surface area contributed by atoms with Crippen molar-refractivity contribution in [2.75, 3.05) is 19.8 Å².